The molecule has 0 saturated carbocycles. The molecule has 0 amide bonds. The summed E-state index contributed by atoms with van der Waals surface area (Å²) in [7, 11) is 0. The zero-order valence-corrected chi connectivity index (χ0v) is 11.0. The Morgan fingerprint density at radius 2 is 1.27 bits per heavy atom. The van der Waals surface area contributed by atoms with Gasteiger partial charge in [0.25, 0.3) is 0 Å². The average Bonchev–Trinajstić information content (AvgIpc) is 1.97. The molecule has 0 nitrogen and oxygen atoms in total. The van der Waals surface area contributed by atoms with Crippen molar-refractivity contribution in [1.29, 1.82) is 0 Å². The van der Waals surface area contributed by atoms with Crippen LogP contribution in [0.1, 0.15) is 58.3 Å². The third-order valence-corrected chi connectivity index (χ3v) is 1.85. The SMILES string of the molecule is [CH2-]CCCCCCCCC.[Zn]. The summed E-state index contributed by atoms with van der Waals surface area (Å²) in [5, 5.41) is 0. The third-order valence-electron chi connectivity index (χ3n) is 1.85. The molecule has 0 aliphatic rings. The molecular weight excluding hydrogens is 185 g/mol. The maximum Gasteiger partial charge on any atom is 0 e. The fraction of sp³-hybridized carbons (Fsp3) is 0.900. The normalized spacial score (nSPS) is 9.27. The smallest absolute Gasteiger partial charge is 0 e. The van der Waals surface area contributed by atoms with Gasteiger partial charge in [-0.15, -0.1) is 0 Å². The second kappa shape index (κ2) is 13.2. The van der Waals surface area contributed by atoms with Gasteiger partial charge in [0, 0.05) is 19.5 Å². The summed E-state index contributed by atoms with van der Waals surface area (Å²) in [6, 6.07) is 0. The molecule has 0 spiro atoms. The molecule has 0 aromatic rings. The van der Waals surface area contributed by atoms with Gasteiger partial charge in [0.15, 0.2) is 0 Å². The van der Waals surface area contributed by atoms with E-state index in [-0.39, 0.29) is 19.5 Å². The minimum absolute atomic E-state index is 0. The molecule has 0 aromatic carbocycles. The van der Waals surface area contributed by atoms with Gasteiger partial charge in [-0.1, -0.05) is 51.9 Å². The average molecular weight is 207 g/mol. The predicted molar refractivity (Wildman–Crippen MR) is 48.0 cm³/mol. The van der Waals surface area contributed by atoms with E-state index in [0.29, 0.717) is 0 Å². The Kier molecular flexibility index (Phi) is 17.0. The van der Waals surface area contributed by atoms with E-state index in [9.17, 15) is 0 Å². The number of rotatable bonds is 7. The largest absolute Gasteiger partial charge is 0.343 e. The van der Waals surface area contributed by atoms with Gasteiger partial charge in [0.05, 0.1) is 0 Å². The Morgan fingerprint density at radius 3 is 1.73 bits per heavy atom. The molecule has 0 atom stereocenters. The monoisotopic (exact) mass is 205 g/mol. The van der Waals surface area contributed by atoms with Gasteiger partial charge < -0.3 is 6.92 Å². The van der Waals surface area contributed by atoms with Gasteiger partial charge in [-0.3, -0.25) is 0 Å². The van der Waals surface area contributed by atoms with Crippen LogP contribution in [0.4, 0.5) is 0 Å². The molecule has 0 unspecified atom stereocenters. The summed E-state index contributed by atoms with van der Waals surface area (Å²) < 4.78 is 0. The molecule has 0 N–H and O–H groups in total. The summed E-state index contributed by atoms with van der Waals surface area (Å²) in [5.41, 5.74) is 0. The summed E-state index contributed by atoms with van der Waals surface area (Å²) >= 11 is 0. The van der Waals surface area contributed by atoms with Crippen LogP contribution in [-0.4, -0.2) is 0 Å². The first-order valence-electron chi connectivity index (χ1n) is 4.71. The summed E-state index contributed by atoms with van der Waals surface area (Å²) in [6.07, 6.45) is 10.9. The molecule has 0 heterocycles. The van der Waals surface area contributed by atoms with Crippen LogP contribution in [-0.2, 0) is 19.5 Å². The third kappa shape index (κ3) is 13.6. The van der Waals surface area contributed by atoms with Crippen LogP contribution in [0.15, 0.2) is 0 Å². The van der Waals surface area contributed by atoms with E-state index in [1.165, 1.54) is 44.9 Å². The number of unbranched alkanes of at least 4 members (excludes halogenated alkanes) is 7. The van der Waals surface area contributed by atoms with E-state index in [0.717, 1.165) is 6.42 Å². The number of hydrogen-bond donors (Lipinski definition) is 0. The van der Waals surface area contributed by atoms with Gasteiger partial charge >= 0.3 is 0 Å². The molecule has 0 saturated heterocycles. The second-order valence-electron chi connectivity index (χ2n) is 2.97. The summed E-state index contributed by atoms with van der Waals surface area (Å²) in [6.45, 7) is 6.08. The zero-order valence-electron chi connectivity index (χ0n) is 8.07. The zero-order chi connectivity index (χ0) is 7.66. The van der Waals surface area contributed by atoms with Crippen LogP contribution < -0.4 is 0 Å². The number of hydrogen-bond acceptors (Lipinski definition) is 0. The van der Waals surface area contributed by atoms with E-state index < -0.39 is 0 Å². The first kappa shape index (κ1) is 14.2. The first-order chi connectivity index (χ1) is 4.91. The minimum atomic E-state index is 0. The van der Waals surface area contributed by atoms with E-state index in [1.54, 1.807) is 0 Å². The molecule has 0 aromatic heterocycles. The van der Waals surface area contributed by atoms with E-state index in [1.807, 2.05) is 0 Å². The maximum absolute atomic E-state index is 3.82. The van der Waals surface area contributed by atoms with E-state index in [2.05, 4.69) is 13.8 Å². The predicted octanol–water partition coefficient (Wildman–Crippen LogP) is 3.96. The summed E-state index contributed by atoms with van der Waals surface area (Å²) in [4.78, 5) is 0. The van der Waals surface area contributed by atoms with Crippen molar-refractivity contribution < 1.29 is 19.5 Å². The van der Waals surface area contributed by atoms with Gasteiger partial charge in [0.1, 0.15) is 0 Å². The first-order valence-corrected chi connectivity index (χ1v) is 4.71. The van der Waals surface area contributed by atoms with E-state index >= 15 is 0 Å². The van der Waals surface area contributed by atoms with Crippen molar-refractivity contribution in [3.63, 3.8) is 0 Å². The second-order valence-corrected chi connectivity index (χ2v) is 2.97. The fourth-order valence-electron chi connectivity index (χ4n) is 1.13. The Hall–Kier alpha value is 0.623. The standard InChI is InChI=1S/C10H21.Zn/c1-3-5-7-9-10-8-6-4-2;/h1,3-10H2,2H3;/q-1;. The summed E-state index contributed by atoms with van der Waals surface area (Å²) in [5.74, 6) is 0. The van der Waals surface area contributed by atoms with Crippen molar-refractivity contribution in [2.24, 2.45) is 0 Å². The fourth-order valence-corrected chi connectivity index (χ4v) is 1.13. The Bertz CT molecular complexity index is 44.8. The molecular formula is C10H21Zn-. The minimum Gasteiger partial charge on any atom is -0.343 e. The molecule has 0 bridgehead atoms. The topological polar surface area (TPSA) is 0 Å². The van der Waals surface area contributed by atoms with Gasteiger partial charge in [0.2, 0.25) is 0 Å². The molecule has 0 aliphatic heterocycles. The molecule has 0 aliphatic carbocycles. The van der Waals surface area contributed by atoms with Crippen molar-refractivity contribution in [3.05, 3.63) is 6.92 Å². The molecule has 0 rings (SSSR count). The quantitative estimate of drug-likeness (QED) is 0.336. The molecule has 64 valence electrons. The van der Waals surface area contributed by atoms with Crippen LogP contribution in [0.5, 0.6) is 0 Å². The van der Waals surface area contributed by atoms with Gasteiger partial charge in [-0.2, -0.15) is 6.42 Å². The molecule has 0 fully saturated rings. The van der Waals surface area contributed by atoms with Crippen molar-refractivity contribution in [1.82, 2.24) is 0 Å². The van der Waals surface area contributed by atoms with Gasteiger partial charge in [-0.05, 0) is 0 Å². The maximum atomic E-state index is 3.82. The Balaban J connectivity index is 0. The van der Waals surface area contributed by atoms with Crippen molar-refractivity contribution >= 4 is 0 Å². The molecule has 1 heteroatoms. The van der Waals surface area contributed by atoms with Crippen LogP contribution in [0.25, 0.3) is 0 Å². The Morgan fingerprint density at radius 1 is 0.818 bits per heavy atom. The van der Waals surface area contributed by atoms with Crippen LogP contribution >= 0.6 is 0 Å². The molecule has 11 heavy (non-hydrogen) atoms. The van der Waals surface area contributed by atoms with Gasteiger partial charge in [-0.25, -0.2) is 0 Å². The van der Waals surface area contributed by atoms with Crippen molar-refractivity contribution in [2.45, 2.75) is 58.3 Å². The molecule has 0 radical (unpaired) electrons. The van der Waals surface area contributed by atoms with Crippen LogP contribution in [0.2, 0.25) is 0 Å². The van der Waals surface area contributed by atoms with E-state index in [4.69, 9.17) is 0 Å². The van der Waals surface area contributed by atoms with Crippen LogP contribution in [0, 0.1) is 6.92 Å². The van der Waals surface area contributed by atoms with Crippen molar-refractivity contribution in [2.75, 3.05) is 0 Å². The van der Waals surface area contributed by atoms with Crippen molar-refractivity contribution in [3.8, 4) is 0 Å². The van der Waals surface area contributed by atoms with Crippen LogP contribution in [0.3, 0.4) is 0 Å². The Labute approximate surface area is 84.9 Å².